The van der Waals surface area contributed by atoms with E-state index in [9.17, 15) is 14.4 Å². The summed E-state index contributed by atoms with van der Waals surface area (Å²) in [5.41, 5.74) is -0.289. The van der Waals surface area contributed by atoms with Crippen molar-refractivity contribution in [3.05, 3.63) is 11.1 Å². The Balaban J connectivity index is 2.01. The molecule has 18 heavy (non-hydrogen) atoms. The van der Waals surface area contributed by atoms with E-state index in [-0.39, 0.29) is 0 Å². The Hall–Kier alpha value is -1.76. The second-order valence-electron chi connectivity index (χ2n) is 4.61. The molecule has 7 heteroatoms. The fourth-order valence-corrected chi connectivity index (χ4v) is 3.06. The van der Waals surface area contributed by atoms with Crippen LogP contribution in [0.15, 0.2) is 5.38 Å². The molecular formula is C11H11N3O3S. The van der Waals surface area contributed by atoms with Gasteiger partial charge in [-0.2, -0.15) is 0 Å². The summed E-state index contributed by atoms with van der Waals surface area (Å²) in [6, 6.07) is -0.697. The zero-order chi connectivity index (χ0) is 12.9. The monoisotopic (exact) mass is 265 g/mol. The molecule has 1 spiro atoms. The van der Waals surface area contributed by atoms with Gasteiger partial charge in [-0.05, 0) is 19.8 Å². The smallest absolute Gasteiger partial charge is 0.276 e. The first-order chi connectivity index (χ1) is 8.54. The van der Waals surface area contributed by atoms with Gasteiger partial charge in [0.25, 0.3) is 5.91 Å². The van der Waals surface area contributed by atoms with Crippen LogP contribution < -0.4 is 10.2 Å². The highest BCUT2D eigenvalue weighted by molar-refractivity contribution is 7.14. The molecule has 2 heterocycles. The predicted octanol–water partition coefficient (Wildman–Crippen LogP) is 1.20. The number of rotatable bonds is 1. The minimum absolute atomic E-state index is 0.328. The maximum absolute atomic E-state index is 12.4. The number of hydrogen-bond donors (Lipinski definition) is 1. The van der Waals surface area contributed by atoms with Gasteiger partial charge >= 0.3 is 6.03 Å². The van der Waals surface area contributed by atoms with Crippen LogP contribution in [0.5, 0.6) is 0 Å². The summed E-state index contributed by atoms with van der Waals surface area (Å²) in [4.78, 5) is 41.1. The van der Waals surface area contributed by atoms with Crippen LogP contribution in [0, 0.1) is 12.3 Å². The maximum Gasteiger partial charge on any atom is 0.337 e. The third kappa shape index (κ3) is 1.34. The first-order valence-electron chi connectivity index (χ1n) is 5.67. The molecule has 0 atom stereocenters. The van der Waals surface area contributed by atoms with Crippen molar-refractivity contribution in [1.29, 1.82) is 0 Å². The number of anilines is 1. The number of urea groups is 1. The molecule has 1 aliphatic carbocycles. The first kappa shape index (κ1) is 11.3. The van der Waals surface area contributed by atoms with Crippen LogP contribution in [-0.4, -0.2) is 22.8 Å². The zero-order valence-electron chi connectivity index (χ0n) is 9.73. The van der Waals surface area contributed by atoms with Crippen LogP contribution in [0.25, 0.3) is 0 Å². The van der Waals surface area contributed by atoms with Gasteiger partial charge in [0.1, 0.15) is 5.41 Å². The SMILES string of the molecule is Cc1csc(N2C(=O)NC(=O)C3(CCC3)C2=O)n1. The van der Waals surface area contributed by atoms with E-state index in [2.05, 4.69) is 10.3 Å². The van der Waals surface area contributed by atoms with E-state index in [1.165, 1.54) is 11.3 Å². The highest BCUT2D eigenvalue weighted by Crippen LogP contribution is 2.45. The number of thiazole rings is 1. The van der Waals surface area contributed by atoms with Crippen molar-refractivity contribution in [2.75, 3.05) is 4.90 Å². The number of nitrogens with zero attached hydrogens (tertiary/aromatic N) is 2. The highest BCUT2D eigenvalue weighted by atomic mass is 32.1. The number of aryl methyl sites for hydroxylation is 1. The standard InChI is InChI=1S/C11H11N3O3S/c1-6-5-18-10(12-6)14-8(16)11(3-2-4-11)7(15)13-9(14)17/h5H,2-4H2,1H3,(H,13,15,17). The second kappa shape index (κ2) is 3.61. The lowest BCUT2D eigenvalue weighted by atomic mass is 9.66. The van der Waals surface area contributed by atoms with Crippen molar-refractivity contribution in [1.82, 2.24) is 10.3 Å². The number of nitrogens with one attached hydrogen (secondary N) is 1. The third-order valence-corrected chi connectivity index (χ3v) is 4.42. The van der Waals surface area contributed by atoms with Gasteiger partial charge in [0.2, 0.25) is 11.0 Å². The Kier molecular flexibility index (Phi) is 2.28. The quantitative estimate of drug-likeness (QED) is 0.774. The number of aromatic nitrogens is 1. The molecule has 1 N–H and O–H groups in total. The zero-order valence-corrected chi connectivity index (χ0v) is 10.5. The van der Waals surface area contributed by atoms with Crippen LogP contribution in [-0.2, 0) is 9.59 Å². The Labute approximate surface area is 107 Å². The van der Waals surface area contributed by atoms with E-state index in [0.29, 0.717) is 18.0 Å². The van der Waals surface area contributed by atoms with Gasteiger partial charge in [0.05, 0.1) is 5.69 Å². The number of carbonyl (C=O) groups is 3. The largest absolute Gasteiger partial charge is 0.337 e. The van der Waals surface area contributed by atoms with Crippen LogP contribution in [0.1, 0.15) is 25.0 Å². The van der Waals surface area contributed by atoms with Gasteiger partial charge < -0.3 is 0 Å². The van der Waals surface area contributed by atoms with Crippen molar-refractivity contribution in [2.45, 2.75) is 26.2 Å². The normalized spacial score (nSPS) is 22.1. The molecule has 2 aliphatic rings. The van der Waals surface area contributed by atoms with E-state index >= 15 is 0 Å². The molecule has 1 saturated heterocycles. The van der Waals surface area contributed by atoms with Crippen molar-refractivity contribution in [3.8, 4) is 0 Å². The molecule has 94 valence electrons. The fourth-order valence-electron chi connectivity index (χ4n) is 2.27. The summed E-state index contributed by atoms with van der Waals surface area (Å²) < 4.78 is 0. The Morgan fingerprint density at radius 3 is 2.61 bits per heavy atom. The molecule has 0 unspecified atom stereocenters. The number of barbiturate groups is 1. The van der Waals surface area contributed by atoms with Crippen LogP contribution >= 0.6 is 11.3 Å². The molecule has 0 radical (unpaired) electrons. The van der Waals surface area contributed by atoms with Gasteiger partial charge in [-0.25, -0.2) is 14.7 Å². The summed E-state index contributed by atoms with van der Waals surface area (Å²) in [5.74, 6) is -0.898. The summed E-state index contributed by atoms with van der Waals surface area (Å²) >= 11 is 1.22. The highest BCUT2D eigenvalue weighted by Gasteiger charge is 2.58. The molecule has 6 nitrogen and oxygen atoms in total. The van der Waals surface area contributed by atoms with Crippen LogP contribution in [0.4, 0.5) is 9.93 Å². The summed E-state index contributed by atoms with van der Waals surface area (Å²) in [7, 11) is 0. The molecule has 0 bridgehead atoms. The Morgan fingerprint density at radius 2 is 2.11 bits per heavy atom. The molecule has 2 fully saturated rings. The number of hydrogen-bond acceptors (Lipinski definition) is 5. The second-order valence-corrected chi connectivity index (χ2v) is 5.44. The van der Waals surface area contributed by atoms with Crippen molar-refractivity contribution in [3.63, 3.8) is 0 Å². The minimum atomic E-state index is -1.03. The third-order valence-electron chi connectivity index (χ3n) is 3.48. The van der Waals surface area contributed by atoms with Crippen LogP contribution in [0.2, 0.25) is 0 Å². The molecule has 0 aromatic carbocycles. The van der Waals surface area contributed by atoms with E-state index in [4.69, 9.17) is 0 Å². The molecule has 1 aromatic rings. The van der Waals surface area contributed by atoms with E-state index in [1.807, 2.05) is 0 Å². The average Bonchev–Trinajstić information content (AvgIpc) is 2.61. The van der Waals surface area contributed by atoms with E-state index in [0.717, 1.165) is 17.0 Å². The molecule has 3 rings (SSSR count). The van der Waals surface area contributed by atoms with Crippen molar-refractivity contribution in [2.24, 2.45) is 5.41 Å². The predicted molar refractivity (Wildman–Crippen MR) is 64.2 cm³/mol. The maximum atomic E-state index is 12.4. The number of imide groups is 2. The lowest BCUT2D eigenvalue weighted by Gasteiger charge is -2.43. The van der Waals surface area contributed by atoms with Crippen molar-refractivity contribution >= 4 is 34.3 Å². The Morgan fingerprint density at radius 1 is 1.39 bits per heavy atom. The molecule has 4 amide bonds. The van der Waals surface area contributed by atoms with E-state index in [1.54, 1.807) is 12.3 Å². The Bertz CT molecular complexity index is 562. The lowest BCUT2D eigenvalue weighted by molar-refractivity contribution is -0.148. The summed E-state index contributed by atoms with van der Waals surface area (Å²) in [5, 5.41) is 4.35. The van der Waals surface area contributed by atoms with Crippen molar-refractivity contribution < 1.29 is 14.4 Å². The van der Waals surface area contributed by atoms with Gasteiger partial charge in [-0.15, -0.1) is 11.3 Å². The topological polar surface area (TPSA) is 79.4 Å². The molecule has 1 aromatic heterocycles. The molecule has 1 aliphatic heterocycles. The molecular weight excluding hydrogens is 254 g/mol. The van der Waals surface area contributed by atoms with E-state index < -0.39 is 23.3 Å². The van der Waals surface area contributed by atoms with Gasteiger partial charge in [0, 0.05) is 5.38 Å². The lowest BCUT2D eigenvalue weighted by Crippen LogP contribution is -2.66. The first-order valence-corrected chi connectivity index (χ1v) is 6.55. The number of amides is 4. The fraction of sp³-hybridized carbons (Fsp3) is 0.455. The van der Waals surface area contributed by atoms with Gasteiger partial charge in [0.15, 0.2) is 0 Å². The molecule has 1 saturated carbocycles. The summed E-state index contributed by atoms with van der Waals surface area (Å²) in [6.45, 7) is 1.79. The van der Waals surface area contributed by atoms with Gasteiger partial charge in [-0.1, -0.05) is 6.42 Å². The average molecular weight is 265 g/mol. The van der Waals surface area contributed by atoms with Crippen LogP contribution in [0.3, 0.4) is 0 Å². The number of carbonyl (C=O) groups excluding carboxylic acids is 3. The summed E-state index contributed by atoms with van der Waals surface area (Å²) in [6.07, 6.45) is 1.84. The minimum Gasteiger partial charge on any atom is -0.276 e. The van der Waals surface area contributed by atoms with Gasteiger partial charge in [-0.3, -0.25) is 14.9 Å².